The molecule has 4 nitrogen and oxygen atoms in total. The summed E-state index contributed by atoms with van der Waals surface area (Å²) in [6.07, 6.45) is -1.70. The third kappa shape index (κ3) is 4.37. The molecular formula is C16H21BClF3N2O2. The van der Waals surface area contributed by atoms with Crippen LogP contribution < -0.4 is 5.32 Å². The van der Waals surface area contributed by atoms with Gasteiger partial charge in [0.05, 0.1) is 16.8 Å². The molecular weight excluding hydrogens is 355 g/mol. The van der Waals surface area contributed by atoms with Crippen LogP contribution in [0.3, 0.4) is 0 Å². The quantitative estimate of drug-likeness (QED) is 0.637. The van der Waals surface area contributed by atoms with Crippen LogP contribution in [-0.2, 0) is 15.5 Å². The van der Waals surface area contributed by atoms with E-state index in [0.29, 0.717) is 12.0 Å². The average molecular weight is 377 g/mol. The van der Waals surface area contributed by atoms with Gasteiger partial charge in [-0.3, -0.25) is 0 Å². The van der Waals surface area contributed by atoms with Crippen LogP contribution in [0.15, 0.2) is 17.7 Å². The molecule has 2 heterocycles. The summed E-state index contributed by atoms with van der Waals surface area (Å²) in [5.41, 5.74) is -1.12. The Morgan fingerprint density at radius 1 is 1.28 bits per heavy atom. The van der Waals surface area contributed by atoms with Crippen LogP contribution >= 0.6 is 11.6 Å². The lowest BCUT2D eigenvalue weighted by Gasteiger charge is -2.32. The van der Waals surface area contributed by atoms with Crippen molar-refractivity contribution < 1.29 is 22.5 Å². The van der Waals surface area contributed by atoms with E-state index in [9.17, 15) is 13.2 Å². The number of nitrogens with one attached hydrogen (secondary N) is 1. The van der Waals surface area contributed by atoms with Crippen molar-refractivity contribution in [1.82, 2.24) is 10.3 Å². The molecule has 1 aliphatic rings. The Morgan fingerprint density at radius 3 is 2.32 bits per heavy atom. The van der Waals surface area contributed by atoms with Crippen molar-refractivity contribution in [2.75, 3.05) is 13.6 Å². The number of halogens is 4. The van der Waals surface area contributed by atoms with Gasteiger partial charge < -0.3 is 14.6 Å². The van der Waals surface area contributed by atoms with E-state index in [1.807, 2.05) is 27.7 Å². The number of likely N-dealkylation sites (N-methyl/N-ethyl adjacent to an activating group) is 1. The highest BCUT2D eigenvalue weighted by molar-refractivity contribution is 6.55. The lowest BCUT2D eigenvalue weighted by atomic mass is 9.77. The number of aromatic nitrogens is 1. The predicted octanol–water partition coefficient (Wildman–Crippen LogP) is 3.99. The zero-order chi connectivity index (χ0) is 19.0. The van der Waals surface area contributed by atoms with E-state index in [1.165, 1.54) is 6.20 Å². The van der Waals surface area contributed by atoms with Crippen molar-refractivity contribution in [2.24, 2.45) is 0 Å². The molecule has 1 aromatic rings. The maximum absolute atomic E-state index is 13.0. The van der Waals surface area contributed by atoms with Gasteiger partial charge in [-0.15, -0.1) is 0 Å². The first-order valence-corrected chi connectivity index (χ1v) is 8.18. The zero-order valence-corrected chi connectivity index (χ0v) is 15.5. The minimum Gasteiger partial charge on any atom is -0.400 e. The van der Waals surface area contributed by atoms with Crippen LogP contribution in [0.4, 0.5) is 13.2 Å². The summed E-state index contributed by atoms with van der Waals surface area (Å²) in [4.78, 5) is 3.64. The summed E-state index contributed by atoms with van der Waals surface area (Å²) in [5.74, 6) is 0. The van der Waals surface area contributed by atoms with Gasteiger partial charge in [-0.25, -0.2) is 4.98 Å². The number of hydrogen-bond donors (Lipinski definition) is 1. The molecule has 0 amide bonds. The van der Waals surface area contributed by atoms with E-state index < -0.39 is 35.2 Å². The second-order valence-electron chi connectivity index (χ2n) is 6.94. The molecule has 0 saturated carbocycles. The smallest absolute Gasteiger partial charge is 0.400 e. The fraction of sp³-hybridized carbons (Fsp3) is 0.562. The van der Waals surface area contributed by atoms with E-state index >= 15 is 0 Å². The molecule has 0 unspecified atom stereocenters. The molecule has 0 radical (unpaired) electrons. The molecule has 0 aromatic carbocycles. The minimum atomic E-state index is -4.57. The topological polar surface area (TPSA) is 43.4 Å². The van der Waals surface area contributed by atoms with Gasteiger partial charge in [0.25, 0.3) is 0 Å². The lowest BCUT2D eigenvalue weighted by Crippen LogP contribution is -2.41. The Labute approximate surface area is 150 Å². The van der Waals surface area contributed by atoms with E-state index in [0.717, 1.165) is 6.07 Å². The normalized spacial score (nSPS) is 20.2. The number of alkyl halides is 3. The number of hydrogen-bond acceptors (Lipinski definition) is 4. The first kappa shape index (κ1) is 20.2. The molecule has 25 heavy (non-hydrogen) atoms. The van der Waals surface area contributed by atoms with E-state index in [1.54, 1.807) is 13.1 Å². The fourth-order valence-electron chi connectivity index (χ4n) is 2.36. The Morgan fingerprint density at radius 2 is 1.84 bits per heavy atom. The molecule has 0 bridgehead atoms. The number of rotatable bonds is 4. The maximum atomic E-state index is 13.0. The molecule has 0 atom stereocenters. The van der Waals surface area contributed by atoms with Crippen LogP contribution in [0.1, 0.15) is 38.8 Å². The Hall–Kier alpha value is -1.09. The van der Waals surface area contributed by atoms with Crippen molar-refractivity contribution in [1.29, 1.82) is 0 Å². The summed E-state index contributed by atoms with van der Waals surface area (Å²) in [6, 6.07) is 0.968. The second kappa shape index (κ2) is 6.91. The second-order valence-corrected chi connectivity index (χ2v) is 7.30. The SMILES string of the molecule is CNCC(=Cc1cnc(Cl)c(C(F)(F)F)c1)B1OC(C)(C)C(C)(C)O1. The highest BCUT2D eigenvalue weighted by atomic mass is 35.5. The monoisotopic (exact) mass is 376 g/mol. The van der Waals surface area contributed by atoms with Crippen molar-refractivity contribution in [3.8, 4) is 0 Å². The van der Waals surface area contributed by atoms with E-state index in [-0.39, 0.29) is 5.56 Å². The molecule has 138 valence electrons. The molecule has 1 saturated heterocycles. The van der Waals surface area contributed by atoms with Crippen molar-refractivity contribution >= 4 is 24.8 Å². The van der Waals surface area contributed by atoms with E-state index in [2.05, 4.69) is 10.3 Å². The summed E-state index contributed by atoms with van der Waals surface area (Å²) in [7, 11) is 1.07. The Bertz CT molecular complexity index is 662. The molecule has 9 heteroatoms. The fourth-order valence-corrected chi connectivity index (χ4v) is 2.57. The van der Waals surface area contributed by atoms with Gasteiger partial charge in [0, 0.05) is 12.7 Å². The Kier molecular flexibility index (Phi) is 5.59. The molecule has 1 aromatic heterocycles. The molecule has 0 spiro atoms. The van der Waals surface area contributed by atoms with Crippen LogP contribution in [0.25, 0.3) is 6.08 Å². The maximum Gasteiger partial charge on any atom is 0.491 e. The summed E-state index contributed by atoms with van der Waals surface area (Å²) >= 11 is 5.57. The highest BCUT2D eigenvalue weighted by Gasteiger charge is 2.52. The van der Waals surface area contributed by atoms with E-state index in [4.69, 9.17) is 20.9 Å². The van der Waals surface area contributed by atoms with Crippen molar-refractivity contribution in [3.05, 3.63) is 34.0 Å². The van der Waals surface area contributed by atoms with Gasteiger partial charge in [0.2, 0.25) is 0 Å². The third-order valence-corrected chi connectivity index (χ3v) is 4.76. The minimum absolute atomic E-state index is 0.275. The van der Waals surface area contributed by atoms with Gasteiger partial charge in [-0.2, -0.15) is 13.2 Å². The predicted molar refractivity (Wildman–Crippen MR) is 92.2 cm³/mol. The van der Waals surface area contributed by atoms with Crippen molar-refractivity contribution in [2.45, 2.75) is 45.1 Å². The number of pyridine rings is 1. The van der Waals surface area contributed by atoms with Crippen LogP contribution in [0.2, 0.25) is 5.15 Å². The van der Waals surface area contributed by atoms with Gasteiger partial charge in [-0.05, 0) is 51.8 Å². The van der Waals surface area contributed by atoms with Gasteiger partial charge >= 0.3 is 13.3 Å². The third-order valence-electron chi connectivity index (χ3n) is 4.45. The van der Waals surface area contributed by atoms with Gasteiger partial charge in [0.1, 0.15) is 5.15 Å². The standard InChI is InChI=1S/C16H21BClF3N2O2/c1-14(2)15(3,4)25-17(24-14)11(9-22-5)6-10-7-12(16(19,20)21)13(18)23-8-10/h6-8,22H,9H2,1-5H3. The zero-order valence-electron chi connectivity index (χ0n) is 14.8. The van der Waals surface area contributed by atoms with Gasteiger partial charge in [0.15, 0.2) is 0 Å². The summed E-state index contributed by atoms with van der Waals surface area (Å²) in [6.45, 7) is 8.04. The Balaban J connectivity index is 2.39. The molecule has 2 rings (SSSR count). The summed E-state index contributed by atoms with van der Waals surface area (Å²) in [5, 5.41) is 2.41. The largest absolute Gasteiger partial charge is 0.491 e. The van der Waals surface area contributed by atoms with Gasteiger partial charge in [-0.1, -0.05) is 17.7 Å². The van der Waals surface area contributed by atoms with Crippen LogP contribution in [0, 0.1) is 0 Å². The van der Waals surface area contributed by atoms with Crippen molar-refractivity contribution in [3.63, 3.8) is 0 Å². The molecule has 1 N–H and O–H groups in total. The first-order chi connectivity index (χ1) is 11.4. The lowest BCUT2D eigenvalue weighted by molar-refractivity contribution is -0.137. The van der Waals surface area contributed by atoms with Crippen LogP contribution in [0.5, 0.6) is 0 Å². The molecule has 1 fully saturated rings. The first-order valence-electron chi connectivity index (χ1n) is 7.81. The highest BCUT2D eigenvalue weighted by Crippen LogP contribution is 2.39. The number of nitrogens with zero attached hydrogens (tertiary/aromatic N) is 1. The molecule has 0 aliphatic carbocycles. The van der Waals surface area contributed by atoms with Crippen LogP contribution in [-0.4, -0.2) is 36.9 Å². The summed E-state index contributed by atoms with van der Waals surface area (Å²) < 4.78 is 51.0. The molecule has 1 aliphatic heterocycles. The average Bonchev–Trinajstić information content (AvgIpc) is 2.67.